The summed E-state index contributed by atoms with van der Waals surface area (Å²) in [7, 11) is 0. The topological polar surface area (TPSA) is 46.2 Å². The molecule has 2 nitrogen and oxygen atoms in total. The van der Waals surface area contributed by atoms with E-state index >= 15 is 0 Å². The van der Waals surface area contributed by atoms with E-state index in [0.717, 1.165) is 0 Å². The standard InChI is InChI=1S/C10H10ClNO/c11-7-2-1-4-8-5-3-6-9(12)10(8)13/h3,5-6,13H,2,7,12H2. The van der Waals surface area contributed by atoms with E-state index in [1.807, 2.05) is 0 Å². The lowest BCUT2D eigenvalue weighted by atomic mass is 10.2. The third-order valence-corrected chi connectivity index (χ3v) is 1.70. The second-order valence-corrected chi connectivity index (χ2v) is 2.86. The van der Waals surface area contributed by atoms with Gasteiger partial charge in [0.05, 0.1) is 11.3 Å². The van der Waals surface area contributed by atoms with E-state index in [2.05, 4.69) is 11.8 Å². The van der Waals surface area contributed by atoms with Crippen molar-refractivity contribution in [2.75, 3.05) is 11.6 Å². The molecule has 3 heteroatoms. The van der Waals surface area contributed by atoms with E-state index in [1.165, 1.54) is 0 Å². The molecule has 0 aromatic heterocycles. The van der Waals surface area contributed by atoms with Crippen LogP contribution in [-0.4, -0.2) is 11.0 Å². The average molecular weight is 196 g/mol. The molecule has 0 saturated carbocycles. The third kappa shape index (κ3) is 2.57. The minimum Gasteiger partial charge on any atom is -0.505 e. The van der Waals surface area contributed by atoms with Gasteiger partial charge >= 0.3 is 0 Å². The number of hydrogen-bond donors (Lipinski definition) is 2. The van der Waals surface area contributed by atoms with E-state index in [0.29, 0.717) is 23.6 Å². The summed E-state index contributed by atoms with van der Waals surface area (Å²) < 4.78 is 0. The van der Waals surface area contributed by atoms with Crippen molar-refractivity contribution in [2.24, 2.45) is 0 Å². The van der Waals surface area contributed by atoms with Gasteiger partial charge < -0.3 is 10.8 Å². The molecule has 0 amide bonds. The van der Waals surface area contributed by atoms with E-state index in [9.17, 15) is 5.11 Å². The van der Waals surface area contributed by atoms with Crippen LogP contribution in [0.15, 0.2) is 18.2 Å². The molecule has 0 radical (unpaired) electrons. The molecule has 3 N–H and O–H groups in total. The number of halogens is 1. The Labute approximate surface area is 82.3 Å². The SMILES string of the molecule is Nc1cccc(C#CCCCl)c1O. The van der Waals surface area contributed by atoms with Crippen LogP contribution in [0.4, 0.5) is 5.69 Å². The smallest absolute Gasteiger partial charge is 0.154 e. The van der Waals surface area contributed by atoms with Crippen LogP contribution in [0.25, 0.3) is 0 Å². The number of para-hydroxylation sites is 1. The van der Waals surface area contributed by atoms with Gasteiger partial charge in [0.25, 0.3) is 0 Å². The lowest BCUT2D eigenvalue weighted by Gasteiger charge is -1.99. The summed E-state index contributed by atoms with van der Waals surface area (Å²) in [5.74, 6) is 6.15. The number of rotatable bonds is 1. The molecular formula is C10H10ClNO. The van der Waals surface area contributed by atoms with Crippen LogP contribution in [0.2, 0.25) is 0 Å². The van der Waals surface area contributed by atoms with Gasteiger partial charge in [0.2, 0.25) is 0 Å². The minimum atomic E-state index is 0.0459. The Balaban J connectivity index is 2.91. The number of phenolic OH excluding ortho intramolecular Hbond substituents is 1. The summed E-state index contributed by atoms with van der Waals surface area (Å²) in [5.41, 5.74) is 6.37. The number of alkyl halides is 1. The number of phenols is 1. The molecule has 0 spiro atoms. The van der Waals surface area contributed by atoms with Gasteiger partial charge in [-0.3, -0.25) is 0 Å². The Morgan fingerprint density at radius 1 is 1.46 bits per heavy atom. The molecule has 0 aliphatic rings. The predicted octanol–water partition coefficient (Wildman–Crippen LogP) is 1.95. The van der Waals surface area contributed by atoms with Gasteiger partial charge in [-0.2, -0.15) is 0 Å². The second-order valence-electron chi connectivity index (χ2n) is 2.48. The average Bonchev–Trinajstić information content (AvgIpc) is 2.13. The molecular weight excluding hydrogens is 186 g/mol. The fraction of sp³-hybridized carbons (Fsp3) is 0.200. The Bertz CT molecular complexity index is 352. The van der Waals surface area contributed by atoms with Crippen molar-refractivity contribution >= 4 is 17.3 Å². The zero-order chi connectivity index (χ0) is 9.68. The summed E-state index contributed by atoms with van der Waals surface area (Å²) in [6.45, 7) is 0. The fourth-order valence-electron chi connectivity index (χ4n) is 0.867. The van der Waals surface area contributed by atoms with E-state index < -0.39 is 0 Å². The highest BCUT2D eigenvalue weighted by Gasteiger charge is 1.99. The Hall–Kier alpha value is -1.33. The summed E-state index contributed by atoms with van der Waals surface area (Å²) >= 11 is 5.45. The van der Waals surface area contributed by atoms with E-state index in [1.54, 1.807) is 18.2 Å². The number of nitrogen functional groups attached to an aromatic ring is 1. The molecule has 0 unspecified atom stereocenters. The Morgan fingerprint density at radius 2 is 2.23 bits per heavy atom. The quantitative estimate of drug-likeness (QED) is 0.312. The first-order valence-electron chi connectivity index (χ1n) is 3.88. The van der Waals surface area contributed by atoms with Crippen LogP contribution in [0.5, 0.6) is 5.75 Å². The van der Waals surface area contributed by atoms with Gasteiger partial charge in [0, 0.05) is 12.3 Å². The molecule has 1 aromatic carbocycles. The van der Waals surface area contributed by atoms with Crippen LogP contribution < -0.4 is 5.73 Å². The number of hydrogen-bond acceptors (Lipinski definition) is 2. The summed E-state index contributed by atoms with van der Waals surface area (Å²) in [6, 6.07) is 5.09. The van der Waals surface area contributed by atoms with Crippen LogP contribution in [0.3, 0.4) is 0 Å². The molecule has 13 heavy (non-hydrogen) atoms. The van der Waals surface area contributed by atoms with Gasteiger partial charge in [-0.1, -0.05) is 17.9 Å². The molecule has 0 heterocycles. The van der Waals surface area contributed by atoms with E-state index in [-0.39, 0.29) is 5.75 Å². The monoisotopic (exact) mass is 195 g/mol. The second kappa shape index (κ2) is 4.64. The van der Waals surface area contributed by atoms with Gasteiger partial charge in [-0.15, -0.1) is 11.6 Å². The highest BCUT2D eigenvalue weighted by atomic mass is 35.5. The zero-order valence-electron chi connectivity index (χ0n) is 7.05. The summed E-state index contributed by atoms with van der Waals surface area (Å²) in [5, 5.41) is 9.44. The third-order valence-electron chi connectivity index (χ3n) is 1.51. The zero-order valence-corrected chi connectivity index (χ0v) is 7.80. The molecule has 0 atom stereocenters. The van der Waals surface area contributed by atoms with Gasteiger partial charge in [0.1, 0.15) is 0 Å². The van der Waals surface area contributed by atoms with Gasteiger partial charge in [0.15, 0.2) is 5.75 Å². The van der Waals surface area contributed by atoms with Gasteiger partial charge in [-0.25, -0.2) is 0 Å². The van der Waals surface area contributed by atoms with Crippen molar-refractivity contribution in [2.45, 2.75) is 6.42 Å². The van der Waals surface area contributed by atoms with Crippen LogP contribution >= 0.6 is 11.6 Å². The number of aromatic hydroxyl groups is 1. The molecule has 68 valence electrons. The van der Waals surface area contributed by atoms with Crippen molar-refractivity contribution in [3.05, 3.63) is 23.8 Å². The highest BCUT2D eigenvalue weighted by molar-refractivity contribution is 6.18. The lowest BCUT2D eigenvalue weighted by molar-refractivity contribution is 0.476. The summed E-state index contributed by atoms with van der Waals surface area (Å²) in [4.78, 5) is 0. The van der Waals surface area contributed by atoms with Crippen molar-refractivity contribution in [1.29, 1.82) is 0 Å². The van der Waals surface area contributed by atoms with Crippen LogP contribution in [0.1, 0.15) is 12.0 Å². The fourth-order valence-corrected chi connectivity index (χ4v) is 0.962. The van der Waals surface area contributed by atoms with Crippen LogP contribution in [-0.2, 0) is 0 Å². The minimum absolute atomic E-state index is 0.0459. The largest absolute Gasteiger partial charge is 0.505 e. The number of anilines is 1. The normalized spacial score (nSPS) is 9.00. The predicted molar refractivity (Wildman–Crippen MR) is 54.7 cm³/mol. The first-order chi connectivity index (χ1) is 6.25. The maximum Gasteiger partial charge on any atom is 0.154 e. The molecule has 0 aliphatic heterocycles. The lowest BCUT2D eigenvalue weighted by Crippen LogP contribution is -1.87. The Morgan fingerprint density at radius 3 is 2.92 bits per heavy atom. The van der Waals surface area contributed by atoms with Crippen molar-refractivity contribution in [1.82, 2.24) is 0 Å². The van der Waals surface area contributed by atoms with Gasteiger partial charge in [-0.05, 0) is 12.1 Å². The maximum atomic E-state index is 9.44. The summed E-state index contributed by atoms with van der Waals surface area (Å²) in [6.07, 6.45) is 0.607. The van der Waals surface area contributed by atoms with Crippen molar-refractivity contribution in [3.63, 3.8) is 0 Å². The first kappa shape index (κ1) is 9.76. The van der Waals surface area contributed by atoms with Crippen molar-refractivity contribution in [3.8, 4) is 17.6 Å². The van der Waals surface area contributed by atoms with Crippen LogP contribution in [0, 0.1) is 11.8 Å². The highest BCUT2D eigenvalue weighted by Crippen LogP contribution is 2.23. The molecule has 0 aliphatic carbocycles. The molecule has 0 saturated heterocycles. The molecule has 1 rings (SSSR count). The van der Waals surface area contributed by atoms with Crippen molar-refractivity contribution < 1.29 is 5.11 Å². The first-order valence-corrected chi connectivity index (χ1v) is 4.41. The number of benzene rings is 1. The Kier molecular flexibility index (Phi) is 3.48. The molecule has 1 aromatic rings. The van der Waals surface area contributed by atoms with E-state index in [4.69, 9.17) is 17.3 Å². The maximum absolute atomic E-state index is 9.44. The molecule has 0 bridgehead atoms. The molecule has 0 fully saturated rings. The number of nitrogens with two attached hydrogens (primary N) is 1.